The van der Waals surface area contributed by atoms with Gasteiger partial charge in [-0.2, -0.15) is 0 Å². The molecule has 0 spiro atoms. The van der Waals surface area contributed by atoms with Crippen LogP contribution in [0.4, 0.5) is 0 Å². The molecular weight excluding hydrogens is 286 g/mol. The van der Waals surface area contributed by atoms with Gasteiger partial charge in [0, 0.05) is 24.9 Å². The summed E-state index contributed by atoms with van der Waals surface area (Å²) in [4.78, 5) is 18.3. The number of aromatic nitrogens is 2. The Morgan fingerprint density at radius 3 is 2.85 bits per heavy atom. The van der Waals surface area contributed by atoms with Crippen LogP contribution in [0.5, 0.6) is 0 Å². The van der Waals surface area contributed by atoms with E-state index in [4.69, 9.17) is 4.74 Å². The molecule has 2 N–H and O–H groups in total. The van der Waals surface area contributed by atoms with E-state index in [1.165, 1.54) is 19.6 Å². The quantitative estimate of drug-likeness (QED) is 0.468. The first-order chi connectivity index (χ1) is 9.48. The van der Waals surface area contributed by atoms with Crippen LogP contribution in [-0.4, -0.2) is 56.5 Å². The zero-order valence-electron chi connectivity index (χ0n) is 11.5. The first-order valence-corrected chi connectivity index (χ1v) is 7.76. The molecule has 0 aromatic carbocycles. The lowest BCUT2D eigenvalue weighted by Crippen LogP contribution is -2.44. The monoisotopic (exact) mass is 305 g/mol. The summed E-state index contributed by atoms with van der Waals surface area (Å²) in [5, 5.41) is 0. The Kier molecular flexibility index (Phi) is 6.62. The molecule has 0 bridgehead atoms. The number of aromatic amines is 1. The maximum atomic E-state index is 11.8. The van der Waals surface area contributed by atoms with Crippen molar-refractivity contribution in [1.29, 1.82) is 0 Å². The van der Waals surface area contributed by atoms with Gasteiger partial charge >= 0.3 is 5.97 Å². The number of hydrogen-bond acceptors (Lipinski definition) is 6. The predicted molar refractivity (Wildman–Crippen MR) is 71.5 cm³/mol. The van der Waals surface area contributed by atoms with Gasteiger partial charge in [0.2, 0.25) is 10.0 Å². The third-order valence-corrected chi connectivity index (χ3v) is 3.83. The third-order valence-electron chi connectivity index (χ3n) is 2.49. The molecule has 114 valence electrons. The standard InChI is InChI=1S/C11H19N3O5S/c1-3-19-4-5-20(16,17)14-10(11(15)18-2)6-9-7-12-8-13-9/h7-8,10,14H,3-6H2,1-2H3,(H,12,13)/t10-/m0/s1. The predicted octanol–water partition coefficient (Wildman–Crippen LogP) is -0.550. The van der Waals surface area contributed by atoms with Crippen molar-refractivity contribution in [2.45, 2.75) is 19.4 Å². The van der Waals surface area contributed by atoms with Crippen molar-refractivity contribution in [3.8, 4) is 0 Å². The topological polar surface area (TPSA) is 110 Å². The number of hydrogen-bond donors (Lipinski definition) is 2. The van der Waals surface area contributed by atoms with Crippen molar-refractivity contribution >= 4 is 16.0 Å². The van der Waals surface area contributed by atoms with E-state index in [1.54, 1.807) is 6.92 Å². The Hall–Kier alpha value is -1.45. The highest BCUT2D eigenvalue weighted by Crippen LogP contribution is 2.02. The van der Waals surface area contributed by atoms with Gasteiger partial charge in [0.15, 0.2) is 0 Å². The van der Waals surface area contributed by atoms with Crippen molar-refractivity contribution in [1.82, 2.24) is 14.7 Å². The van der Waals surface area contributed by atoms with Crippen LogP contribution in [-0.2, 0) is 30.7 Å². The van der Waals surface area contributed by atoms with Crippen molar-refractivity contribution in [3.63, 3.8) is 0 Å². The summed E-state index contributed by atoms with van der Waals surface area (Å²) in [6, 6.07) is -0.993. The summed E-state index contributed by atoms with van der Waals surface area (Å²) in [6.07, 6.45) is 3.11. The van der Waals surface area contributed by atoms with Gasteiger partial charge in [0.1, 0.15) is 6.04 Å². The van der Waals surface area contributed by atoms with Crippen molar-refractivity contribution in [3.05, 3.63) is 18.2 Å². The van der Waals surface area contributed by atoms with Gasteiger partial charge < -0.3 is 14.5 Å². The fourth-order valence-electron chi connectivity index (χ4n) is 1.52. The molecule has 0 amide bonds. The van der Waals surface area contributed by atoms with Gasteiger partial charge in [-0.05, 0) is 6.92 Å². The molecule has 1 heterocycles. The van der Waals surface area contributed by atoms with Crippen LogP contribution < -0.4 is 4.72 Å². The van der Waals surface area contributed by atoms with Crippen LogP contribution in [0, 0.1) is 0 Å². The fraction of sp³-hybridized carbons (Fsp3) is 0.636. The van der Waals surface area contributed by atoms with E-state index in [0.29, 0.717) is 12.3 Å². The van der Waals surface area contributed by atoms with Gasteiger partial charge in [-0.1, -0.05) is 0 Å². The minimum absolute atomic E-state index is 0.0732. The minimum Gasteiger partial charge on any atom is -0.468 e. The van der Waals surface area contributed by atoms with Gasteiger partial charge in [-0.25, -0.2) is 18.1 Å². The molecule has 9 heteroatoms. The second kappa shape index (κ2) is 7.98. The van der Waals surface area contributed by atoms with Gasteiger partial charge in [0.25, 0.3) is 0 Å². The van der Waals surface area contributed by atoms with Crippen molar-refractivity contribution in [2.24, 2.45) is 0 Å². The Balaban J connectivity index is 2.66. The van der Waals surface area contributed by atoms with Crippen LogP contribution in [0.3, 0.4) is 0 Å². The lowest BCUT2D eigenvalue weighted by atomic mass is 10.2. The molecule has 0 saturated heterocycles. The second-order valence-electron chi connectivity index (χ2n) is 3.99. The molecule has 20 heavy (non-hydrogen) atoms. The van der Waals surface area contributed by atoms with Crippen LogP contribution in [0.15, 0.2) is 12.5 Å². The Labute approximate surface area is 117 Å². The lowest BCUT2D eigenvalue weighted by Gasteiger charge is -2.15. The lowest BCUT2D eigenvalue weighted by molar-refractivity contribution is -0.142. The number of carbonyl (C=O) groups is 1. The third kappa shape index (κ3) is 5.68. The summed E-state index contributed by atoms with van der Waals surface area (Å²) in [7, 11) is -2.42. The summed E-state index contributed by atoms with van der Waals surface area (Å²) >= 11 is 0. The number of H-pyrrole nitrogens is 1. The minimum atomic E-state index is -3.62. The van der Waals surface area contributed by atoms with Crippen molar-refractivity contribution in [2.75, 3.05) is 26.1 Å². The number of ether oxygens (including phenoxy) is 2. The normalized spacial score (nSPS) is 13.1. The summed E-state index contributed by atoms with van der Waals surface area (Å²) in [5.41, 5.74) is 0.632. The molecule has 0 aliphatic rings. The summed E-state index contributed by atoms with van der Waals surface area (Å²) in [6.45, 7) is 2.28. The molecule has 1 atom stereocenters. The van der Waals surface area contributed by atoms with Crippen LogP contribution in [0.25, 0.3) is 0 Å². The van der Waals surface area contributed by atoms with E-state index in [0.717, 1.165) is 0 Å². The molecule has 0 unspecified atom stereocenters. The zero-order chi connectivity index (χ0) is 15.0. The number of nitrogens with one attached hydrogen (secondary N) is 2. The van der Waals surface area contributed by atoms with Crippen LogP contribution in [0.2, 0.25) is 0 Å². The second-order valence-corrected chi connectivity index (χ2v) is 5.86. The smallest absolute Gasteiger partial charge is 0.324 e. The molecule has 0 fully saturated rings. The maximum absolute atomic E-state index is 11.8. The molecular formula is C11H19N3O5S. The average molecular weight is 305 g/mol. The zero-order valence-corrected chi connectivity index (χ0v) is 12.3. The number of esters is 1. The number of methoxy groups -OCH3 is 1. The Morgan fingerprint density at radius 2 is 2.30 bits per heavy atom. The highest BCUT2D eigenvalue weighted by Gasteiger charge is 2.25. The number of sulfonamides is 1. The Morgan fingerprint density at radius 1 is 1.55 bits per heavy atom. The number of nitrogens with zero attached hydrogens (tertiary/aromatic N) is 1. The highest BCUT2D eigenvalue weighted by molar-refractivity contribution is 7.89. The Bertz CT molecular complexity index is 500. The molecule has 0 radical (unpaired) electrons. The van der Waals surface area contributed by atoms with E-state index in [2.05, 4.69) is 19.4 Å². The number of imidazole rings is 1. The first kappa shape index (κ1) is 16.6. The molecule has 8 nitrogen and oxygen atoms in total. The van der Waals surface area contributed by atoms with Crippen LogP contribution in [0.1, 0.15) is 12.6 Å². The molecule has 0 aliphatic heterocycles. The van der Waals surface area contributed by atoms with E-state index in [-0.39, 0.29) is 18.8 Å². The summed E-state index contributed by atoms with van der Waals surface area (Å²) < 4.78 is 35.6. The molecule has 0 saturated carbocycles. The number of carbonyl (C=O) groups excluding carboxylic acids is 1. The van der Waals surface area contributed by atoms with Gasteiger partial charge in [-0.3, -0.25) is 4.79 Å². The molecule has 1 rings (SSSR count). The molecule has 0 aliphatic carbocycles. The van der Waals surface area contributed by atoms with Gasteiger partial charge in [-0.15, -0.1) is 0 Å². The van der Waals surface area contributed by atoms with Crippen LogP contribution >= 0.6 is 0 Å². The highest BCUT2D eigenvalue weighted by atomic mass is 32.2. The summed E-state index contributed by atoms with van der Waals surface area (Å²) in [5.74, 6) is -0.864. The fourth-order valence-corrected chi connectivity index (χ4v) is 2.59. The van der Waals surface area contributed by atoms with E-state index < -0.39 is 22.0 Å². The first-order valence-electron chi connectivity index (χ1n) is 6.11. The van der Waals surface area contributed by atoms with E-state index in [9.17, 15) is 13.2 Å². The maximum Gasteiger partial charge on any atom is 0.324 e. The largest absolute Gasteiger partial charge is 0.468 e. The molecule has 1 aromatic heterocycles. The van der Waals surface area contributed by atoms with Gasteiger partial charge in [0.05, 0.1) is 25.8 Å². The molecule has 1 aromatic rings. The van der Waals surface area contributed by atoms with E-state index in [1.807, 2.05) is 0 Å². The number of rotatable bonds is 9. The SMILES string of the molecule is CCOCCS(=O)(=O)N[C@@H](Cc1cnc[nH]1)C(=O)OC. The average Bonchev–Trinajstić information content (AvgIpc) is 2.90. The van der Waals surface area contributed by atoms with Crippen molar-refractivity contribution < 1.29 is 22.7 Å². The van der Waals surface area contributed by atoms with E-state index >= 15 is 0 Å².